The number of urea groups is 1. The third-order valence-corrected chi connectivity index (χ3v) is 5.92. The molecule has 5 rings (SSSR count). The number of benzene rings is 2. The largest absolute Gasteiger partial charge is 0.494 e. The molecule has 31 heavy (non-hydrogen) atoms. The normalized spacial score (nSPS) is 19.7. The van der Waals surface area contributed by atoms with Gasteiger partial charge in [-0.25, -0.2) is 9.78 Å². The van der Waals surface area contributed by atoms with Crippen LogP contribution < -0.4 is 15.0 Å². The molecule has 162 valence electrons. The number of carbonyl (C=O) groups is 1. The van der Waals surface area contributed by atoms with Gasteiger partial charge >= 0.3 is 6.03 Å². The van der Waals surface area contributed by atoms with Gasteiger partial charge in [-0.2, -0.15) is 0 Å². The van der Waals surface area contributed by atoms with Crippen LogP contribution in [-0.2, 0) is 4.74 Å². The Bertz CT molecular complexity index is 1030. The van der Waals surface area contributed by atoms with Gasteiger partial charge in [0.1, 0.15) is 5.75 Å². The molecule has 2 aromatic carbocycles. The van der Waals surface area contributed by atoms with E-state index in [0.29, 0.717) is 13.2 Å². The van der Waals surface area contributed by atoms with Gasteiger partial charge in [-0.1, -0.05) is 12.1 Å². The molecule has 2 aliphatic rings. The molecule has 0 radical (unpaired) electrons. The SMILES string of the molecule is O=C1NCC(c2ccc(OCCCN3CCOCC3)cc2)N1c1ccc2nc[nH]c2c1. The summed E-state index contributed by atoms with van der Waals surface area (Å²) in [5.74, 6) is 0.855. The number of hydrogen-bond acceptors (Lipinski definition) is 5. The average Bonchev–Trinajstić information content (AvgIpc) is 3.43. The molecular formula is C23H27N5O3. The third kappa shape index (κ3) is 4.35. The van der Waals surface area contributed by atoms with Gasteiger partial charge in [-0.3, -0.25) is 9.80 Å². The first-order chi connectivity index (χ1) is 15.3. The smallest absolute Gasteiger partial charge is 0.322 e. The van der Waals surface area contributed by atoms with Crippen molar-refractivity contribution in [3.05, 3.63) is 54.4 Å². The number of aromatic nitrogens is 2. The molecule has 2 N–H and O–H groups in total. The number of H-pyrrole nitrogens is 1. The van der Waals surface area contributed by atoms with Crippen molar-refractivity contribution in [2.75, 3.05) is 50.9 Å². The summed E-state index contributed by atoms with van der Waals surface area (Å²) in [6.07, 6.45) is 2.66. The first-order valence-corrected chi connectivity index (χ1v) is 10.8. The van der Waals surface area contributed by atoms with E-state index in [1.165, 1.54) is 0 Å². The highest BCUT2D eigenvalue weighted by molar-refractivity contribution is 5.97. The second-order valence-electron chi connectivity index (χ2n) is 7.90. The monoisotopic (exact) mass is 421 g/mol. The van der Waals surface area contributed by atoms with Crippen LogP contribution in [0.15, 0.2) is 48.8 Å². The van der Waals surface area contributed by atoms with Gasteiger partial charge in [0.05, 0.1) is 43.2 Å². The molecular weight excluding hydrogens is 394 g/mol. The summed E-state index contributed by atoms with van der Waals surface area (Å²) in [5, 5.41) is 2.96. The molecule has 3 heterocycles. The topological polar surface area (TPSA) is 82.7 Å². The number of nitrogens with zero attached hydrogens (tertiary/aromatic N) is 3. The lowest BCUT2D eigenvalue weighted by molar-refractivity contribution is 0.0358. The number of hydrogen-bond donors (Lipinski definition) is 2. The molecule has 1 aromatic heterocycles. The van der Waals surface area contributed by atoms with Gasteiger partial charge in [-0.15, -0.1) is 0 Å². The fraction of sp³-hybridized carbons (Fsp3) is 0.391. The Kier molecular flexibility index (Phi) is 5.73. The second-order valence-corrected chi connectivity index (χ2v) is 7.90. The molecule has 2 fully saturated rings. The van der Waals surface area contributed by atoms with Crippen LogP contribution in [0.2, 0.25) is 0 Å². The number of nitrogens with one attached hydrogen (secondary N) is 2. The van der Waals surface area contributed by atoms with Crippen LogP contribution in [0.25, 0.3) is 11.0 Å². The minimum Gasteiger partial charge on any atom is -0.494 e. The van der Waals surface area contributed by atoms with Crippen molar-refractivity contribution in [3.8, 4) is 5.75 Å². The van der Waals surface area contributed by atoms with Gasteiger partial charge in [0.15, 0.2) is 0 Å². The number of morpholine rings is 1. The van der Waals surface area contributed by atoms with Crippen molar-refractivity contribution in [1.82, 2.24) is 20.2 Å². The Morgan fingerprint density at radius 2 is 1.97 bits per heavy atom. The third-order valence-electron chi connectivity index (χ3n) is 5.92. The summed E-state index contributed by atoms with van der Waals surface area (Å²) >= 11 is 0. The quantitative estimate of drug-likeness (QED) is 0.573. The van der Waals surface area contributed by atoms with E-state index < -0.39 is 0 Å². The molecule has 0 bridgehead atoms. The number of amides is 2. The lowest BCUT2D eigenvalue weighted by atomic mass is 10.1. The maximum absolute atomic E-state index is 12.6. The first kappa shape index (κ1) is 19.8. The van der Waals surface area contributed by atoms with Crippen LogP contribution >= 0.6 is 0 Å². The number of aromatic amines is 1. The van der Waals surface area contributed by atoms with Crippen molar-refractivity contribution in [2.45, 2.75) is 12.5 Å². The Labute approximate surface area is 181 Å². The number of anilines is 1. The van der Waals surface area contributed by atoms with E-state index >= 15 is 0 Å². The maximum Gasteiger partial charge on any atom is 0.322 e. The molecule has 2 saturated heterocycles. The number of imidazole rings is 1. The van der Waals surface area contributed by atoms with Gasteiger partial charge in [0, 0.05) is 31.9 Å². The average molecular weight is 422 g/mol. The summed E-state index contributed by atoms with van der Waals surface area (Å²) in [4.78, 5) is 24.1. The lowest BCUT2D eigenvalue weighted by Gasteiger charge is -2.26. The summed E-state index contributed by atoms with van der Waals surface area (Å²) in [7, 11) is 0. The van der Waals surface area contributed by atoms with E-state index in [9.17, 15) is 4.79 Å². The molecule has 1 atom stereocenters. The number of ether oxygens (including phenoxy) is 2. The van der Waals surface area contributed by atoms with Gasteiger partial charge < -0.3 is 19.8 Å². The highest BCUT2D eigenvalue weighted by Crippen LogP contribution is 2.32. The van der Waals surface area contributed by atoms with Crippen molar-refractivity contribution < 1.29 is 14.3 Å². The van der Waals surface area contributed by atoms with Crippen molar-refractivity contribution in [3.63, 3.8) is 0 Å². The van der Waals surface area contributed by atoms with Gasteiger partial charge in [-0.05, 0) is 42.3 Å². The van der Waals surface area contributed by atoms with Crippen molar-refractivity contribution in [1.29, 1.82) is 0 Å². The highest BCUT2D eigenvalue weighted by Gasteiger charge is 2.33. The number of rotatable bonds is 7. The number of carbonyl (C=O) groups excluding carboxylic acids is 1. The zero-order chi connectivity index (χ0) is 21.0. The Morgan fingerprint density at radius 1 is 1.13 bits per heavy atom. The van der Waals surface area contributed by atoms with Crippen molar-refractivity contribution >= 4 is 22.8 Å². The zero-order valence-corrected chi connectivity index (χ0v) is 17.4. The van der Waals surface area contributed by atoms with Crippen LogP contribution in [0.4, 0.5) is 10.5 Å². The molecule has 0 saturated carbocycles. The summed E-state index contributed by atoms with van der Waals surface area (Å²) in [6.45, 7) is 5.96. The molecule has 0 spiro atoms. The first-order valence-electron chi connectivity index (χ1n) is 10.8. The summed E-state index contributed by atoms with van der Waals surface area (Å²) < 4.78 is 11.3. The predicted molar refractivity (Wildman–Crippen MR) is 119 cm³/mol. The van der Waals surface area contributed by atoms with E-state index in [0.717, 1.165) is 67.3 Å². The van der Waals surface area contributed by atoms with Crippen molar-refractivity contribution in [2.24, 2.45) is 0 Å². The van der Waals surface area contributed by atoms with Gasteiger partial charge in [0.25, 0.3) is 0 Å². The van der Waals surface area contributed by atoms with E-state index in [2.05, 4.69) is 20.2 Å². The second kappa shape index (κ2) is 8.95. The lowest BCUT2D eigenvalue weighted by Crippen LogP contribution is -2.37. The Balaban J connectivity index is 1.21. The van der Waals surface area contributed by atoms with Crippen LogP contribution in [0.3, 0.4) is 0 Å². The summed E-state index contributed by atoms with van der Waals surface area (Å²) in [5.41, 5.74) is 3.72. The maximum atomic E-state index is 12.6. The van der Waals surface area contributed by atoms with E-state index in [4.69, 9.17) is 9.47 Å². The van der Waals surface area contributed by atoms with Crippen LogP contribution in [0.5, 0.6) is 5.75 Å². The molecule has 2 amide bonds. The Hall–Kier alpha value is -3.10. The van der Waals surface area contributed by atoms with E-state index in [1.54, 1.807) is 11.2 Å². The van der Waals surface area contributed by atoms with Crippen LogP contribution in [0, 0.1) is 0 Å². The minimum absolute atomic E-state index is 0.0664. The van der Waals surface area contributed by atoms with E-state index in [1.807, 2.05) is 42.5 Å². The number of fused-ring (bicyclic) bond motifs is 1. The molecule has 1 unspecified atom stereocenters. The molecule has 3 aromatic rings. The molecule has 2 aliphatic heterocycles. The molecule has 8 heteroatoms. The Morgan fingerprint density at radius 3 is 2.81 bits per heavy atom. The van der Waals surface area contributed by atoms with Crippen LogP contribution in [-0.4, -0.2) is 66.9 Å². The highest BCUT2D eigenvalue weighted by atomic mass is 16.5. The predicted octanol–water partition coefficient (Wildman–Crippen LogP) is 2.93. The van der Waals surface area contributed by atoms with Crippen LogP contribution in [0.1, 0.15) is 18.0 Å². The standard InChI is InChI=1S/C23H27N5O3/c29-23-24-15-22(28(23)18-4-7-20-21(14-18)26-16-25-20)17-2-5-19(6-3-17)31-11-1-8-27-9-12-30-13-10-27/h2-7,14,16,22H,1,8-13,15H2,(H,24,29)(H,25,26). The fourth-order valence-electron chi connectivity index (χ4n) is 4.23. The molecule has 8 nitrogen and oxygen atoms in total. The minimum atomic E-state index is -0.0905. The van der Waals surface area contributed by atoms with Gasteiger partial charge in [0.2, 0.25) is 0 Å². The summed E-state index contributed by atoms with van der Waals surface area (Å²) in [6, 6.07) is 13.7. The molecule has 0 aliphatic carbocycles. The van der Waals surface area contributed by atoms with E-state index in [-0.39, 0.29) is 12.1 Å². The zero-order valence-electron chi connectivity index (χ0n) is 17.4. The fourth-order valence-corrected chi connectivity index (χ4v) is 4.23.